The molecule has 7 nitrogen and oxygen atoms in total. The number of carbonyl (C=O) groups excluding carboxylic acids is 3. The van der Waals surface area contributed by atoms with E-state index in [1.165, 1.54) is 4.90 Å². The molecule has 0 atom stereocenters. The quantitative estimate of drug-likeness (QED) is 0.512. The maximum atomic E-state index is 12.5. The van der Waals surface area contributed by atoms with Gasteiger partial charge in [-0.25, -0.2) is 0 Å². The number of hydrogen-bond acceptors (Lipinski definition) is 5. The molecule has 2 aromatic rings. The third kappa shape index (κ3) is 5.44. The van der Waals surface area contributed by atoms with Crippen LogP contribution in [0.1, 0.15) is 52.5 Å². The standard InChI is InChI=1S/C23H25BrN2O5/c1-3-11-31-19-9-6-15(12-20(19)30-2)14-25-21(27)5-4-10-26-22(28)17-8-7-16(24)13-18(17)23(26)29/h6-9,12-13H,3-5,10-11,14H2,1-2H3,(H,25,27). The minimum absolute atomic E-state index is 0.148. The van der Waals surface area contributed by atoms with Crippen molar-refractivity contribution in [1.82, 2.24) is 10.2 Å². The van der Waals surface area contributed by atoms with E-state index in [1.54, 1.807) is 25.3 Å². The van der Waals surface area contributed by atoms with Crippen LogP contribution in [0.25, 0.3) is 0 Å². The predicted molar refractivity (Wildman–Crippen MR) is 119 cm³/mol. The average molecular weight is 489 g/mol. The van der Waals surface area contributed by atoms with Crippen molar-refractivity contribution >= 4 is 33.7 Å². The minimum Gasteiger partial charge on any atom is -0.493 e. The predicted octanol–water partition coefficient (Wildman–Crippen LogP) is 3.94. The molecule has 1 heterocycles. The third-order valence-corrected chi connectivity index (χ3v) is 5.39. The summed E-state index contributed by atoms with van der Waals surface area (Å²) in [5, 5.41) is 2.86. The van der Waals surface area contributed by atoms with E-state index >= 15 is 0 Å². The molecule has 0 fully saturated rings. The van der Waals surface area contributed by atoms with E-state index in [4.69, 9.17) is 9.47 Å². The van der Waals surface area contributed by atoms with Gasteiger partial charge in [-0.05, 0) is 48.7 Å². The molecule has 0 spiro atoms. The number of rotatable bonds is 10. The number of ether oxygens (including phenoxy) is 2. The second-order valence-electron chi connectivity index (χ2n) is 7.17. The van der Waals surface area contributed by atoms with E-state index in [2.05, 4.69) is 21.2 Å². The van der Waals surface area contributed by atoms with Crippen molar-refractivity contribution in [1.29, 1.82) is 0 Å². The van der Waals surface area contributed by atoms with Crippen molar-refractivity contribution in [3.63, 3.8) is 0 Å². The molecule has 164 valence electrons. The van der Waals surface area contributed by atoms with Crippen LogP contribution in [0.2, 0.25) is 0 Å². The first-order chi connectivity index (χ1) is 14.9. The third-order valence-electron chi connectivity index (χ3n) is 4.90. The van der Waals surface area contributed by atoms with E-state index in [1.807, 2.05) is 25.1 Å². The second kappa shape index (κ2) is 10.4. The highest BCUT2D eigenvalue weighted by atomic mass is 79.9. The van der Waals surface area contributed by atoms with Crippen LogP contribution in [-0.4, -0.2) is 42.9 Å². The second-order valence-corrected chi connectivity index (χ2v) is 8.08. The van der Waals surface area contributed by atoms with Crippen molar-refractivity contribution in [2.75, 3.05) is 20.3 Å². The molecule has 3 rings (SSSR count). The molecular weight excluding hydrogens is 464 g/mol. The van der Waals surface area contributed by atoms with Crippen LogP contribution < -0.4 is 14.8 Å². The number of halogens is 1. The van der Waals surface area contributed by atoms with E-state index in [0.29, 0.717) is 42.2 Å². The number of benzene rings is 2. The van der Waals surface area contributed by atoms with Crippen molar-refractivity contribution in [3.8, 4) is 11.5 Å². The number of fused-ring (bicyclic) bond motifs is 1. The van der Waals surface area contributed by atoms with Gasteiger partial charge in [-0.3, -0.25) is 19.3 Å². The van der Waals surface area contributed by atoms with E-state index in [0.717, 1.165) is 16.5 Å². The van der Waals surface area contributed by atoms with Gasteiger partial charge in [-0.15, -0.1) is 0 Å². The Labute approximate surface area is 189 Å². The monoisotopic (exact) mass is 488 g/mol. The number of imide groups is 1. The van der Waals surface area contributed by atoms with E-state index in [9.17, 15) is 14.4 Å². The Kier molecular flexibility index (Phi) is 7.68. The fourth-order valence-corrected chi connectivity index (χ4v) is 3.67. The van der Waals surface area contributed by atoms with Crippen LogP contribution in [0.3, 0.4) is 0 Å². The highest BCUT2D eigenvalue weighted by molar-refractivity contribution is 9.10. The molecule has 1 aliphatic rings. The zero-order valence-electron chi connectivity index (χ0n) is 17.6. The van der Waals surface area contributed by atoms with Gasteiger partial charge in [0.1, 0.15) is 0 Å². The Morgan fingerprint density at radius 3 is 2.58 bits per heavy atom. The number of carbonyl (C=O) groups is 3. The lowest BCUT2D eigenvalue weighted by molar-refractivity contribution is -0.121. The van der Waals surface area contributed by atoms with E-state index < -0.39 is 0 Å². The molecule has 1 N–H and O–H groups in total. The van der Waals surface area contributed by atoms with Crippen LogP contribution in [0.15, 0.2) is 40.9 Å². The summed E-state index contributed by atoms with van der Waals surface area (Å²) in [6.45, 7) is 3.19. The lowest BCUT2D eigenvalue weighted by atomic mass is 10.1. The molecule has 1 aliphatic heterocycles. The fraction of sp³-hybridized carbons (Fsp3) is 0.348. The Hall–Kier alpha value is -2.87. The van der Waals surface area contributed by atoms with Gasteiger partial charge < -0.3 is 14.8 Å². The Morgan fingerprint density at radius 2 is 1.84 bits per heavy atom. The van der Waals surface area contributed by atoms with Gasteiger partial charge in [0.2, 0.25) is 5.91 Å². The number of hydrogen-bond donors (Lipinski definition) is 1. The minimum atomic E-state index is -0.320. The van der Waals surface area contributed by atoms with Gasteiger partial charge in [-0.2, -0.15) is 0 Å². The van der Waals surface area contributed by atoms with Gasteiger partial charge in [-0.1, -0.05) is 28.9 Å². The molecular formula is C23H25BrN2O5. The fourth-order valence-electron chi connectivity index (χ4n) is 3.31. The number of nitrogens with one attached hydrogen (secondary N) is 1. The van der Waals surface area contributed by atoms with Gasteiger partial charge in [0.05, 0.1) is 24.8 Å². The summed E-state index contributed by atoms with van der Waals surface area (Å²) in [5.74, 6) is 0.513. The molecule has 2 aromatic carbocycles. The smallest absolute Gasteiger partial charge is 0.261 e. The van der Waals surface area contributed by atoms with Gasteiger partial charge >= 0.3 is 0 Å². The number of amides is 3. The maximum absolute atomic E-state index is 12.5. The highest BCUT2D eigenvalue weighted by Crippen LogP contribution is 2.28. The van der Waals surface area contributed by atoms with Crippen molar-refractivity contribution in [2.24, 2.45) is 0 Å². The van der Waals surface area contributed by atoms with Crippen LogP contribution >= 0.6 is 15.9 Å². The van der Waals surface area contributed by atoms with Crippen LogP contribution in [-0.2, 0) is 11.3 Å². The highest BCUT2D eigenvalue weighted by Gasteiger charge is 2.35. The summed E-state index contributed by atoms with van der Waals surface area (Å²) in [5.41, 5.74) is 1.68. The van der Waals surface area contributed by atoms with Gasteiger partial charge in [0.25, 0.3) is 11.8 Å². The lowest BCUT2D eigenvalue weighted by Crippen LogP contribution is -2.32. The SMILES string of the molecule is CCCOc1ccc(CNC(=O)CCCN2C(=O)c3ccc(Br)cc3C2=O)cc1OC. The molecule has 0 radical (unpaired) electrons. The summed E-state index contributed by atoms with van der Waals surface area (Å²) in [4.78, 5) is 38.3. The Balaban J connectivity index is 1.47. The van der Waals surface area contributed by atoms with Crippen molar-refractivity contribution in [2.45, 2.75) is 32.7 Å². The van der Waals surface area contributed by atoms with Gasteiger partial charge in [0.15, 0.2) is 11.5 Å². The lowest BCUT2D eigenvalue weighted by Gasteiger charge is -2.14. The first-order valence-electron chi connectivity index (χ1n) is 10.2. The average Bonchev–Trinajstić information content (AvgIpc) is 3.00. The Bertz CT molecular complexity index is 992. The molecule has 0 aromatic heterocycles. The summed E-state index contributed by atoms with van der Waals surface area (Å²) < 4.78 is 11.7. The maximum Gasteiger partial charge on any atom is 0.261 e. The van der Waals surface area contributed by atoms with Crippen LogP contribution in [0.4, 0.5) is 0 Å². The van der Waals surface area contributed by atoms with Gasteiger partial charge in [0, 0.05) is 24.0 Å². The molecule has 31 heavy (non-hydrogen) atoms. The largest absolute Gasteiger partial charge is 0.493 e. The first kappa shape index (κ1) is 22.8. The molecule has 0 saturated carbocycles. The molecule has 0 bridgehead atoms. The molecule has 3 amide bonds. The summed E-state index contributed by atoms with van der Waals surface area (Å²) in [6, 6.07) is 10.6. The number of methoxy groups -OCH3 is 1. The van der Waals surface area contributed by atoms with E-state index in [-0.39, 0.29) is 30.7 Å². The number of nitrogens with zero attached hydrogens (tertiary/aromatic N) is 1. The summed E-state index contributed by atoms with van der Waals surface area (Å²) >= 11 is 3.31. The molecule has 0 saturated heterocycles. The molecule has 8 heteroatoms. The summed E-state index contributed by atoms with van der Waals surface area (Å²) in [7, 11) is 1.58. The van der Waals surface area contributed by atoms with Crippen LogP contribution in [0.5, 0.6) is 11.5 Å². The Morgan fingerprint density at radius 1 is 1.06 bits per heavy atom. The normalized spacial score (nSPS) is 12.7. The van der Waals surface area contributed by atoms with Crippen LogP contribution in [0, 0.1) is 0 Å². The summed E-state index contributed by atoms with van der Waals surface area (Å²) in [6.07, 6.45) is 1.51. The van der Waals surface area contributed by atoms with Crippen molar-refractivity contribution in [3.05, 3.63) is 57.6 Å². The molecule has 0 unspecified atom stereocenters. The molecule has 0 aliphatic carbocycles. The zero-order valence-corrected chi connectivity index (χ0v) is 19.2. The zero-order chi connectivity index (χ0) is 22.4. The first-order valence-corrected chi connectivity index (χ1v) is 11.0. The topological polar surface area (TPSA) is 84.9 Å². The van der Waals surface area contributed by atoms with Crippen molar-refractivity contribution < 1.29 is 23.9 Å².